The van der Waals surface area contributed by atoms with Crippen molar-refractivity contribution in [2.45, 2.75) is 32.3 Å². The molecule has 1 aromatic carbocycles. The van der Waals surface area contributed by atoms with Crippen LogP contribution in [-0.2, 0) is 16.0 Å². The number of fused-ring (bicyclic) bond motifs is 1. The van der Waals surface area contributed by atoms with Gasteiger partial charge in [-0.05, 0) is 43.5 Å². The Kier molecular flexibility index (Phi) is 3.42. The molecular weight excluding hydrogens is 242 g/mol. The molecule has 4 nitrogen and oxygen atoms in total. The van der Waals surface area contributed by atoms with Crippen molar-refractivity contribution in [3.05, 3.63) is 23.8 Å². The summed E-state index contributed by atoms with van der Waals surface area (Å²) in [5.74, 6) is 1.11. The maximum Gasteiger partial charge on any atom is 0.227 e. The predicted molar refractivity (Wildman–Crippen MR) is 72.4 cm³/mol. The van der Waals surface area contributed by atoms with E-state index in [0.29, 0.717) is 6.61 Å². The van der Waals surface area contributed by atoms with Gasteiger partial charge in [0.1, 0.15) is 5.75 Å². The number of nitrogens with one attached hydrogen (secondary N) is 1. The molecule has 3 rings (SSSR count). The molecule has 1 fully saturated rings. The second-order valence-corrected chi connectivity index (χ2v) is 5.31. The Hall–Kier alpha value is -1.55. The average Bonchev–Trinajstić information content (AvgIpc) is 2.86. The Labute approximate surface area is 113 Å². The Bertz CT molecular complexity index is 486. The summed E-state index contributed by atoms with van der Waals surface area (Å²) in [6, 6.07) is 5.86. The monoisotopic (exact) mass is 261 g/mol. The van der Waals surface area contributed by atoms with Crippen molar-refractivity contribution in [1.29, 1.82) is 0 Å². The maximum absolute atomic E-state index is 12.2. The smallest absolute Gasteiger partial charge is 0.227 e. The third-order valence-electron chi connectivity index (χ3n) is 3.81. The lowest BCUT2D eigenvalue weighted by Crippen LogP contribution is -2.32. The molecule has 4 heteroatoms. The van der Waals surface area contributed by atoms with Crippen LogP contribution in [0.3, 0.4) is 0 Å². The van der Waals surface area contributed by atoms with E-state index in [9.17, 15) is 4.79 Å². The van der Waals surface area contributed by atoms with E-state index in [4.69, 9.17) is 9.47 Å². The number of rotatable bonds is 2. The Balaban J connectivity index is 1.66. The van der Waals surface area contributed by atoms with Gasteiger partial charge in [-0.1, -0.05) is 0 Å². The number of carbonyl (C=O) groups excluding carboxylic acids is 1. The molecule has 0 aliphatic carbocycles. The molecule has 1 amide bonds. The Morgan fingerprint density at radius 2 is 2.26 bits per heavy atom. The lowest BCUT2D eigenvalue weighted by Gasteiger charge is -2.26. The molecule has 2 unspecified atom stereocenters. The highest BCUT2D eigenvalue weighted by Gasteiger charge is 2.25. The van der Waals surface area contributed by atoms with Crippen LogP contribution in [0.1, 0.15) is 25.3 Å². The SMILES string of the molecule is CC1CC(C(=O)Nc2ccc3c(c2)CCO3)CCO1. The summed E-state index contributed by atoms with van der Waals surface area (Å²) in [5, 5.41) is 3.01. The summed E-state index contributed by atoms with van der Waals surface area (Å²) in [6.45, 7) is 3.44. The first-order valence-corrected chi connectivity index (χ1v) is 6.90. The molecule has 1 N–H and O–H groups in total. The van der Waals surface area contributed by atoms with Crippen LogP contribution in [0.2, 0.25) is 0 Å². The van der Waals surface area contributed by atoms with Crippen LogP contribution < -0.4 is 10.1 Å². The van der Waals surface area contributed by atoms with Gasteiger partial charge in [0.2, 0.25) is 5.91 Å². The van der Waals surface area contributed by atoms with Gasteiger partial charge >= 0.3 is 0 Å². The first-order chi connectivity index (χ1) is 9.22. The van der Waals surface area contributed by atoms with Crippen molar-refractivity contribution in [2.24, 2.45) is 5.92 Å². The molecule has 19 heavy (non-hydrogen) atoms. The number of amides is 1. The van der Waals surface area contributed by atoms with E-state index < -0.39 is 0 Å². The summed E-state index contributed by atoms with van der Waals surface area (Å²) in [5.41, 5.74) is 2.05. The minimum atomic E-state index is 0.0632. The largest absolute Gasteiger partial charge is 0.493 e. The fourth-order valence-corrected chi connectivity index (χ4v) is 2.74. The quantitative estimate of drug-likeness (QED) is 0.889. The van der Waals surface area contributed by atoms with Crippen LogP contribution in [0.25, 0.3) is 0 Å². The van der Waals surface area contributed by atoms with Gasteiger partial charge in [0.25, 0.3) is 0 Å². The van der Waals surface area contributed by atoms with Gasteiger partial charge in [0, 0.05) is 24.6 Å². The topological polar surface area (TPSA) is 47.6 Å². The highest BCUT2D eigenvalue weighted by Crippen LogP contribution is 2.28. The van der Waals surface area contributed by atoms with Crippen LogP contribution >= 0.6 is 0 Å². The lowest BCUT2D eigenvalue weighted by atomic mass is 9.95. The van der Waals surface area contributed by atoms with Crippen molar-refractivity contribution in [3.63, 3.8) is 0 Å². The van der Waals surface area contributed by atoms with Crippen LogP contribution in [0.4, 0.5) is 5.69 Å². The fourth-order valence-electron chi connectivity index (χ4n) is 2.74. The average molecular weight is 261 g/mol. The van der Waals surface area contributed by atoms with E-state index in [-0.39, 0.29) is 17.9 Å². The zero-order valence-electron chi connectivity index (χ0n) is 11.1. The summed E-state index contributed by atoms with van der Waals surface area (Å²) in [6.07, 6.45) is 2.72. The van der Waals surface area contributed by atoms with E-state index >= 15 is 0 Å². The number of carbonyl (C=O) groups is 1. The number of hydrogen-bond acceptors (Lipinski definition) is 3. The standard InChI is InChI=1S/C15H19NO3/c1-10-8-12(5-6-18-10)15(17)16-13-2-3-14-11(9-13)4-7-19-14/h2-3,9-10,12H,4-8H2,1H3,(H,16,17). The van der Waals surface area contributed by atoms with Gasteiger partial charge in [-0.2, -0.15) is 0 Å². The number of benzene rings is 1. The molecule has 2 heterocycles. The normalized spacial score (nSPS) is 25.5. The summed E-state index contributed by atoms with van der Waals surface area (Å²) < 4.78 is 10.9. The van der Waals surface area contributed by atoms with E-state index in [0.717, 1.165) is 37.3 Å². The predicted octanol–water partition coefficient (Wildman–Crippen LogP) is 2.38. The van der Waals surface area contributed by atoms with Crippen molar-refractivity contribution in [3.8, 4) is 5.75 Å². The lowest BCUT2D eigenvalue weighted by molar-refractivity contribution is -0.124. The van der Waals surface area contributed by atoms with E-state index in [1.807, 2.05) is 25.1 Å². The molecule has 0 spiro atoms. The van der Waals surface area contributed by atoms with E-state index in [1.165, 1.54) is 5.56 Å². The van der Waals surface area contributed by atoms with Gasteiger partial charge in [-0.3, -0.25) is 4.79 Å². The van der Waals surface area contributed by atoms with Gasteiger partial charge < -0.3 is 14.8 Å². The first-order valence-electron chi connectivity index (χ1n) is 6.90. The molecule has 0 saturated carbocycles. The third-order valence-corrected chi connectivity index (χ3v) is 3.81. The van der Waals surface area contributed by atoms with E-state index in [2.05, 4.69) is 5.32 Å². The zero-order valence-corrected chi connectivity index (χ0v) is 11.1. The molecule has 0 aromatic heterocycles. The van der Waals surface area contributed by atoms with Gasteiger partial charge in [0.15, 0.2) is 0 Å². The molecule has 102 valence electrons. The number of anilines is 1. The van der Waals surface area contributed by atoms with Crippen molar-refractivity contribution in [1.82, 2.24) is 0 Å². The summed E-state index contributed by atoms with van der Waals surface area (Å²) >= 11 is 0. The Morgan fingerprint density at radius 3 is 3.11 bits per heavy atom. The fraction of sp³-hybridized carbons (Fsp3) is 0.533. The second-order valence-electron chi connectivity index (χ2n) is 5.31. The molecule has 0 bridgehead atoms. The molecule has 1 aromatic rings. The van der Waals surface area contributed by atoms with Crippen molar-refractivity contribution in [2.75, 3.05) is 18.5 Å². The summed E-state index contributed by atoms with van der Waals surface area (Å²) in [4.78, 5) is 12.2. The van der Waals surface area contributed by atoms with Crippen molar-refractivity contribution < 1.29 is 14.3 Å². The minimum absolute atomic E-state index is 0.0632. The second kappa shape index (κ2) is 5.21. The minimum Gasteiger partial charge on any atom is -0.493 e. The Morgan fingerprint density at radius 1 is 1.37 bits per heavy atom. The highest BCUT2D eigenvalue weighted by molar-refractivity contribution is 5.92. The van der Waals surface area contributed by atoms with Gasteiger partial charge in [-0.15, -0.1) is 0 Å². The highest BCUT2D eigenvalue weighted by atomic mass is 16.5. The number of hydrogen-bond donors (Lipinski definition) is 1. The molecule has 1 saturated heterocycles. The van der Waals surface area contributed by atoms with Gasteiger partial charge in [0.05, 0.1) is 12.7 Å². The summed E-state index contributed by atoms with van der Waals surface area (Å²) in [7, 11) is 0. The van der Waals surface area contributed by atoms with Crippen LogP contribution in [-0.4, -0.2) is 25.2 Å². The van der Waals surface area contributed by atoms with Crippen LogP contribution in [0.15, 0.2) is 18.2 Å². The van der Waals surface area contributed by atoms with Crippen molar-refractivity contribution >= 4 is 11.6 Å². The van der Waals surface area contributed by atoms with Crippen LogP contribution in [0.5, 0.6) is 5.75 Å². The first kappa shape index (κ1) is 12.5. The molecule has 0 radical (unpaired) electrons. The van der Waals surface area contributed by atoms with Gasteiger partial charge in [-0.25, -0.2) is 0 Å². The van der Waals surface area contributed by atoms with Crippen LogP contribution in [0, 0.1) is 5.92 Å². The molecular formula is C15H19NO3. The molecule has 2 atom stereocenters. The molecule has 2 aliphatic rings. The zero-order chi connectivity index (χ0) is 13.2. The third kappa shape index (κ3) is 2.73. The molecule has 2 aliphatic heterocycles. The van der Waals surface area contributed by atoms with E-state index in [1.54, 1.807) is 0 Å². The maximum atomic E-state index is 12.2. The number of ether oxygens (including phenoxy) is 2.